The molecule has 0 atom stereocenters. The minimum Gasteiger partial charge on any atom is -0.459 e. The van der Waals surface area contributed by atoms with Gasteiger partial charge in [0.25, 0.3) is 0 Å². The molecule has 0 unspecified atom stereocenters. The predicted molar refractivity (Wildman–Crippen MR) is 165 cm³/mol. The van der Waals surface area contributed by atoms with Gasteiger partial charge in [0.2, 0.25) is 0 Å². The molecule has 44 heavy (non-hydrogen) atoms. The topological polar surface area (TPSA) is 102 Å². The summed E-state index contributed by atoms with van der Waals surface area (Å²) in [5.41, 5.74) is -1.62. The SMILES string of the molecule is CC1(C)CC(CC(=O)c2ccccc2)CC(C)(C)N1OC(=O)C(=O)ON1C(C)(C)CC(OC(=O)c2ccccc2)CC1(C)C. The van der Waals surface area contributed by atoms with Crippen LogP contribution in [0.4, 0.5) is 0 Å². The van der Waals surface area contributed by atoms with E-state index in [1.165, 1.54) is 5.06 Å². The average molecular weight is 607 g/mol. The molecule has 9 nitrogen and oxygen atoms in total. The van der Waals surface area contributed by atoms with Crippen LogP contribution in [0.3, 0.4) is 0 Å². The number of ether oxygens (including phenoxy) is 1. The van der Waals surface area contributed by atoms with E-state index in [4.69, 9.17) is 14.4 Å². The zero-order chi connectivity index (χ0) is 32.5. The lowest BCUT2D eigenvalue weighted by Crippen LogP contribution is -2.64. The molecule has 0 radical (unpaired) electrons. The molecule has 0 spiro atoms. The third-order valence-electron chi connectivity index (χ3n) is 8.60. The summed E-state index contributed by atoms with van der Waals surface area (Å²) in [6.07, 6.45) is 1.98. The summed E-state index contributed by atoms with van der Waals surface area (Å²) in [5, 5.41) is 3.10. The van der Waals surface area contributed by atoms with Crippen molar-refractivity contribution >= 4 is 23.7 Å². The highest BCUT2D eigenvalue weighted by Gasteiger charge is 2.52. The molecule has 0 saturated carbocycles. The number of carbonyl (C=O) groups is 4. The van der Waals surface area contributed by atoms with E-state index >= 15 is 0 Å². The molecule has 0 N–H and O–H groups in total. The van der Waals surface area contributed by atoms with E-state index in [2.05, 4.69) is 0 Å². The number of nitrogens with zero attached hydrogens (tertiary/aromatic N) is 2. The molecule has 2 aliphatic heterocycles. The maximum atomic E-state index is 13.2. The lowest BCUT2D eigenvalue weighted by atomic mass is 9.73. The number of hydrogen-bond acceptors (Lipinski definition) is 9. The van der Waals surface area contributed by atoms with Crippen LogP contribution in [0.25, 0.3) is 0 Å². The van der Waals surface area contributed by atoms with Gasteiger partial charge in [-0.1, -0.05) is 48.5 Å². The Balaban J connectivity index is 1.39. The van der Waals surface area contributed by atoms with Crippen LogP contribution < -0.4 is 0 Å². The van der Waals surface area contributed by atoms with E-state index < -0.39 is 46.2 Å². The van der Waals surface area contributed by atoms with Crippen LogP contribution in [0, 0.1) is 5.92 Å². The number of ketones is 1. The first-order valence-corrected chi connectivity index (χ1v) is 15.3. The number of Topliss-reactive ketones (excluding diaryl/α,β-unsaturated/α-hetero) is 1. The maximum absolute atomic E-state index is 13.2. The molecule has 2 aromatic rings. The Kier molecular flexibility index (Phi) is 9.43. The number of benzene rings is 2. The van der Waals surface area contributed by atoms with Crippen molar-refractivity contribution in [3.63, 3.8) is 0 Å². The zero-order valence-electron chi connectivity index (χ0n) is 27.2. The first-order chi connectivity index (χ1) is 20.4. The van der Waals surface area contributed by atoms with E-state index in [1.54, 1.807) is 29.3 Å². The third-order valence-corrected chi connectivity index (χ3v) is 8.60. The van der Waals surface area contributed by atoms with Crippen LogP contribution in [-0.2, 0) is 24.0 Å². The van der Waals surface area contributed by atoms with Gasteiger partial charge in [-0.3, -0.25) is 4.79 Å². The number of hydrogen-bond donors (Lipinski definition) is 0. The van der Waals surface area contributed by atoms with Crippen molar-refractivity contribution in [2.45, 2.75) is 116 Å². The lowest BCUT2D eigenvalue weighted by Gasteiger charge is -2.53. The predicted octanol–water partition coefficient (Wildman–Crippen LogP) is 6.32. The van der Waals surface area contributed by atoms with Crippen molar-refractivity contribution in [2.24, 2.45) is 5.92 Å². The highest BCUT2D eigenvalue weighted by molar-refractivity contribution is 6.29. The summed E-state index contributed by atoms with van der Waals surface area (Å²) >= 11 is 0. The molecule has 0 aromatic heterocycles. The van der Waals surface area contributed by atoms with Gasteiger partial charge in [0, 0.05) is 24.8 Å². The summed E-state index contributed by atoms with van der Waals surface area (Å²) in [5.74, 6) is -2.49. The van der Waals surface area contributed by atoms with Gasteiger partial charge in [0.1, 0.15) is 6.10 Å². The first kappa shape index (κ1) is 33.3. The highest BCUT2D eigenvalue weighted by atomic mass is 16.8. The molecule has 0 aliphatic carbocycles. The zero-order valence-corrected chi connectivity index (χ0v) is 27.2. The van der Waals surface area contributed by atoms with Crippen molar-refractivity contribution < 1.29 is 33.6 Å². The van der Waals surface area contributed by atoms with E-state index in [1.807, 2.05) is 91.8 Å². The van der Waals surface area contributed by atoms with Crippen LogP contribution in [0.5, 0.6) is 0 Å². The molecule has 2 aromatic carbocycles. The highest BCUT2D eigenvalue weighted by Crippen LogP contribution is 2.44. The number of hydroxylamine groups is 4. The molecule has 9 heteroatoms. The minimum absolute atomic E-state index is 0.0773. The van der Waals surface area contributed by atoms with Gasteiger partial charge in [0.15, 0.2) is 5.78 Å². The van der Waals surface area contributed by atoms with Crippen molar-refractivity contribution in [3.8, 4) is 0 Å². The van der Waals surface area contributed by atoms with Crippen LogP contribution >= 0.6 is 0 Å². The van der Waals surface area contributed by atoms with Crippen LogP contribution in [-0.4, -0.2) is 62.1 Å². The fraction of sp³-hybridized carbons (Fsp3) is 0.543. The van der Waals surface area contributed by atoms with Crippen molar-refractivity contribution in [1.82, 2.24) is 10.1 Å². The van der Waals surface area contributed by atoms with Gasteiger partial charge < -0.3 is 14.4 Å². The Morgan fingerprint density at radius 2 is 1.00 bits per heavy atom. The van der Waals surface area contributed by atoms with Gasteiger partial charge >= 0.3 is 17.9 Å². The Bertz CT molecular complexity index is 1230. The van der Waals surface area contributed by atoms with Gasteiger partial charge in [0.05, 0.1) is 27.7 Å². The monoisotopic (exact) mass is 606 g/mol. The second-order valence-corrected chi connectivity index (χ2v) is 14.7. The fourth-order valence-corrected chi connectivity index (χ4v) is 7.40. The molecule has 2 heterocycles. The van der Waals surface area contributed by atoms with Crippen LogP contribution in [0.2, 0.25) is 0 Å². The molecule has 2 aliphatic rings. The number of esters is 1. The molecular weight excluding hydrogens is 560 g/mol. The standard InChI is InChI=1S/C35H46N2O7/c1-32(2)20-24(19-28(38)25-15-11-9-12-16-25)21-33(3,4)36(32)43-30(40)31(41)44-37-34(5,6)22-27(23-35(37,7)8)42-29(39)26-17-13-10-14-18-26/h9-18,24,27H,19-23H2,1-8H3. The van der Waals surface area contributed by atoms with Gasteiger partial charge in [-0.05, 0) is 86.3 Å². The summed E-state index contributed by atoms with van der Waals surface area (Å²) in [7, 11) is 0. The summed E-state index contributed by atoms with van der Waals surface area (Å²) < 4.78 is 5.83. The van der Waals surface area contributed by atoms with Crippen molar-refractivity contribution in [3.05, 3.63) is 71.8 Å². The van der Waals surface area contributed by atoms with Gasteiger partial charge in [-0.25, -0.2) is 14.4 Å². The smallest absolute Gasteiger partial charge is 0.438 e. The van der Waals surface area contributed by atoms with Gasteiger partial charge in [-0.15, -0.1) is 10.1 Å². The summed E-state index contributed by atoms with van der Waals surface area (Å²) in [6, 6.07) is 18.0. The molecular formula is C35H46N2O7. The molecule has 4 rings (SSSR count). The molecule has 2 saturated heterocycles. The van der Waals surface area contributed by atoms with Crippen LogP contribution in [0.1, 0.15) is 108 Å². The Morgan fingerprint density at radius 3 is 1.43 bits per heavy atom. The fourth-order valence-electron chi connectivity index (χ4n) is 7.40. The third kappa shape index (κ3) is 7.56. The number of rotatable bonds is 7. The summed E-state index contributed by atoms with van der Waals surface area (Å²) in [6.45, 7) is 15.3. The average Bonchev–Trinajstić information content (AvgIpc) is 2.92. The Labute approximate surface area is 260 Å². The van der Waals surface area contributed by atoms with E-state index in [-0.39, 0.29) is 11.7 Å². The first-order valence-electron chi connectivity index (χ1n) is 15.3. The number of piperidine rings is 2. The second kappa shape index (κ2) is 12.4. The molecule has 0 amide bonds. The van der Waals surface area contributed by atoms with Crippen molar-refractivity contribution in [1.29, 1.82) is 0 Å². The second-order valence-electron chi connectivity index (χ2n) is 14.7. The summed E-state index contributed by atoms with van der Waals surface area (Å²) in [4.78, 5) is 63.5. The van der Waals surface area contributed by atoms with E-state index in [0.717, 1.165) is 0 Å². The van der Waals surface area contributed by atoms with Gasteiger partial charge in [-0.2, -0.15) is 0 Å². The number of carbonyl (C=O) groups excluding carboxylic acids is 4. The van der Waals surface area contributed by atoms with E-state index in [0.29, 0.717) is 43.2 Å². The maximum Gasteiger partial charge on any atom is 0.438 e. The Hall–Kier alpha value is -3.56. The molecule has 2 fully saturated rings. The molecule has 238 valence electrons. The van der Waals surface area contributed by atoms with Crippen molar-refractivity contribution in [2.75, 3.05) is 0 Å². The van der Waals surface area contributed by atoms with Crippen LogP contribution in [0.15, 0.2) is 60.7 Å². The lowest BCUT2D eigenvalue weighted by molar-refractivity contribution is -0.292. The quantitative estimate of drug-likeness (QED) is 0.203. The largest absolute Gasteiger partial charge is 0.459 e. The molecule has 0 bridgehead atoms. The minimum atomic E-state index is -1.13. The Morgan fingerprint density at radius 1 is 0.614 bits per heavy atom. The van der Waals surface area contributed by atoms with E-state index in [9.17, 15) is 19.2 Å². The normalized spacial score (nSPS) is 21.6.